The zero-order chi connectivity index (χ0) is 19.2. The van der Waals surface area contributed by atoms with Gasteiger partial charge in [0.1, 0.15) is 22.9 Å². The maximum Gasteiger partial charge on any atom is 0.341 e. The van der Waals surface area contributed by atoms with Gasteiger partial charge in [0.05, 0.1) is 26.5 Å². The van der Waals surface area contributed by atoms with Crippen LogP contribution in [0.15, 0.2) is 30.5 Å². The molecule has 1 saturated carbocycles. The molecule has 2 aromatic rings. The maximum absolute atomic E-state index is 12.2. The Labute approximate surface area is 157 Å². The summed E-state index contributed by atoms with van der Waals surface area (Å²) in [5, 5.41) is 7.16. The highest BCUT2D eigenvalue weighted by atomic mass is 16.5. The third-order valence-electron chi connectivity index (χ3n) is 4.56. The maximum atomic E-state index is 12.2. The van der Waals surface area contributed by atoms with Gasteiger partial charge in [-0.1, -0.05) is 12.8 Å². The predicted molar refractivity (Wildman–Crippen MR) is 98.2 cm³/mol. The van der Waals surface area contributed by atoms with Crippen LogP contribution in [-0.4, -0.2) is 42.5 Å². The summed E-state index contributed by atoms with van der Waals surface area (Å²) >= 11 is 0. The number of nitrogens with one attached hydrogen (secondary N) is 1. The molecule has 8 nitrogen and oxygen atoms in total. The fourth-order valence-corrected chi connectivity index (χ4v) is 3.22. The first-order valence-electron chi connectivity index (χ1n) is 8.85. The number of carbonyl (C=O) groups is 2. The van der Waals surface area contributed by atoms with Gasteiger partial charge in [-0.25, -0.2) is 9.48 Å². The van der Waals surface area contributed by atoms with Crippen molar-refractivity contribution in [3.8, 4) is 11.5 Å². The number of benzene rings is 1. The van der Waals surface area contributed by atoms with E-state index in [1.165, 1.54) is 33.1 Å². The molecule has 0 unspecified atom stereocenters. The number of nitrogens with zero attached hydrogens (tertiary/aromatic N) is 2. The summed E-state index contributed by atoms with van der Waals surface area (Å²) in [6, 6.07) is 6.79. The number of hydrogen-bond acceptors (Lipinski definition) is 6. The second kappa shape index (κ2) is 8.57. The summed E-state index contributed by atoms with van der Waals surface area (Å²) in [7, 11) is 2.75. The zero-order valence-corrected chi connectivity index (χ0v) is 15.4. The smallest absolute Gasteiger partial charge is 0.341 e. The normalized spacial score (nSPS) is 14.0. The topological polar surface area (TPSA) is 91.7 Å². The van der Waals surface area contributed by atoms with Crippen LogP contribution in [0, 0.1) is 0 Å². The Kier molecular flexibility index (Phi) is 5.95. The number of hydrogen-bond donors (Lipinski definition) is 1. The van der Waals surface area contributed by atoms with E-state index in [4.69, 9.17) is 14.2 Å². The third-order valence-corrected chi connectivity index (χ3v) is 4.56. The molecule has 0 bridgehead atoms. The van der Waals surface area contributed by atoms with Gasteiger partial charge in [-0.05, 0) is 25.0 Å². The Hall–Kier alpha value is -3.03. The second-order valence-electron chi connectivity index (χ2n) is 6.29. The molecule has 1 fully saturated rings. The van der Waals surface area contributed by atoms with E-state index in [2.05, 4.69) is 10.4 Å². The Morgan fingerprint density at radius 1 is 1.22 bits per heavy atom. The monoisotopic (exact) mass is 373 g/mol. The van der Waals surface area contributed by atoms with Crippen molar-refractivity contribution in [1.29, 1.82) is 0 Å². The largest absolute Gasteiger partial charge is 0.496 e. The first-order valence-corrected chi connectivity index (χ1v) is 8.85. The highest BCUT2D eigenvalue weighted by Gasteiger charge is 2.20. The van der Waals surface area contributed by atoms with Crippen molar-refractivity contribution in [2.45, 2.75) is 31.7 Å². The standard InChI is InChI=1S/C19H23N3O5/c1-25-16-11-14(7-8-15(16)19(24)26-2)27-12-18(23)21-17-9-10-20-22(17)13-5-3-4-6-13/h7-11,13H,3-6,12H2,1-2H3,(H,21,23). The molecule has 8 heteroatoms. The number of carbonyl (C=O) groups excluding carboxylic acids is 2. The lowest BCUT2D eigenvalue weighted by Crippen LogP contribution is -2.23. The van der Waals surface area contributed by atoms with Gasteiger partial charge in [0.15, 0.2) is 6.61 Å². The van der Waals surface area contributed by atoms with Crippen LogP contribution in [0.4, 0.5) is 5.82 Å². The van der Waals surface area contributed by atoms with Crippen LogP contribution in [0.3, 0.4) is 0 Å². The average molecular weight is 373 g/mol. The highest BCUT2D eigenvalue weighted by molar-refractivity contribution is 5.93. The van der Waals surface area contributed by atoms with E-state index in [-0.39, 0.29) is 18.1 Å². The molecule has 1 amide bonds. The lowest BCUT2D eigenvalue weighted by atomic mass is 10.2. The fourth-order valence-electron chi connectivity index (χ4n) is 3.22. The van der Waals surface area contributed by atoms with Gasteiger partial charge in [-0.15, -0.1) is 0 Å². The molecule has 0 spiro atoms. The molecule has 1 aromatic heterocycles. The number of aromatic nitrogens is 2. The van der Waals surface area contributed by atoms with Crippen LogP contribution in [0.5, 0.6) is 11.5 Å². The molecule has 1 N–H and O–H groups in total. The molecule has 144 valence electrons. The van der Waals surface area contributed by atoms with Crippen molar-refractivity contribution in [2.75, 3.05) is 26.1 Å². The van der Waals surface area contributed by atoms with Gasteiger partial charge < -0.3 is 19.5 Å². The second-order valence-corrected chi connectivity index (χ2v) is 6.29. The summed E-state index contributed by atoms with van der Waals surface area (Å²) in [6.07, 6.45) is 6.21. The van der Waals surface area contributed by atoms with Crippen LogP contribution in [0.2, 0.25) is 0 Å². The van der Waals surface area contributed by atoms with Crippen molar-refractivity contribution < 1.29 is 23.8 Å². The molecule has 27 heavy (non-hydrogen) atoms. The first kappa shape index (κ1) is 18.8. The predicted octanol–water partition coefficient (Wildman–Crippen LogP) is 2.81. The van der Waals surface area contributed by atoms with Crippen LogP contribution in [0.1, 0.15) is 42.1 Å². The fraction of sp³-hybridized carbons (Fsp3) is 0.421. The van der Waals surface area contributed by atoms with Crippen LogP contribution in [0.25, 0.3) is 0 Å². The lowest BCUT2D eigenvalue weighted by molar-refractivity contribution is -0.118. The minimum atomic E-state index is -0.503. The molecule has 0 aliphatic heterocycles. The van der Waals surface area contributed by atoms with Crippen LogP contribution < -0.4 is 14.8 Å². The first-order chi connectivity index (χ1) is 13.1. The molecule has 3 rings (SSSR count). The molecular formula is C19H23N3O5. The Bertz CT molecular complexity index is 811. The van der Waals surface area contributed by atoms with E-state index in [1.807, 2.05) is 4.68 Å². The molecule has 1 aromatic carbocycles. The minimum absolute atomic E-state index is 0.170. The molecule has 1 aliphatic rings. The molecular weight excluding hydrogens is 350 g/mol. The number of methoxy groups -OCH3 is 2. The van der Waals surface area contributed by atoms with Gasteiger partial charge in [-0.2, -0.15) is 5.10 Å². The van der Waals surface area contributed by atoms with E-state index >= 15 is 0 Å². The zero-order valence-electron chi connectivity index (χ0n) is 15.4. The molecule has 0 saturated heterocycles. The Morgan fingerprint density at radius 3 is 2.70 bits per heavy atom. The van der Waals surface area contributed by atoms with E-state index < -0.39 is 5.97 Å². The van der Waals surface area contributed by atoms with Crippen molar-refractivity contribution in [3.05, 3.63) is 36.0 Å². The molecule has 1 aliphatic carbocycles. The van der Waals surface area contributed by atoms with Gasteiger partial charge in [-0.3, -0.25) is 4.79 Å². The number of esters is 1. The van der Waals surface area contributed by atoms with Gasteiger partial charge in [0, 0.05) is 12.1 Å². The van der Waals surface area contributed by atoms with Crippen LogP contribution in [-0.2, 0) is 9.53 Å². The molecule has 0 radical (unpaired) electrons. The summed E-state index contributed by atoms with van der Waals surface area (Å²) < 4.78 is 17.3. The van der Waals surface area contributed by atoms with Gasteiger partial charge in [0.25, 0.3) is 5.91 Å². The number of rotatable bonds is 7. The number of ether oxygens (including phenoxy) is 3. The molecule has 0 atom stereocenters. The number of amides is 1. The van der Waals surface area contributed by atoms with Crippen molar-refractivity contribution in [2.24, 2.45) is 0 Å². The highest BCUT2D eigenvalue weighted by Crippen LogP contribution is 2.31. The summed E-state index contributed by atoms with van der Waals surface area (Å²) in [5.41, 5.74) is 0.289. The lowest BCUT2D eigenvalue weighted by Gasteiger charge is -2.15. The van der Waals surface area contributed by atoms with Gasteiger partial charge in [0.2, 0.25) is 0 Å². The SMILES string of the molecule is COC(=O)c1ccc(OCC(=O)Nc2ccnn2C2CCCC2)cc1OC. The van der Waals surface area contributed by atoms with E-state index in [0.717, 1.165) is 12.8 Å². The van der Waals surface area contributed by atoms with Crippen molar-refractivity contribution >= 4 is 17.7 Å². The van der Waals surface area contributed by atoms with Gasteiger partial charge >= 0.3 is 5.97 Å². The summed E-state index contributed by atoms with van der Waals surface area (Å²) in [4.78, 5) is 23.9. The summed E-state index contributed by atoms with van der Waals surface area (Å²) in [6.45, 7) is -0.170. The van der Waals surface area contributed by atoms with E-state index in [0.29, 0.717) is 23.4 Å². The minimum Gasteiger partial charge on any atom is -0.496 e. The van der Waals surface area contributed by atoms with Crippen molar-refractivity contribution in [1.82, 2.24) is 9.78 Å². The number of anilines is 1. The van der Waals surface area contributed by atoms with E-state index in [9.17, 15) is 9.59 Å². The van der Waals surface area contributed by atoms with Crippen molar-refractivity contribution in [3.63, 3.8) is 0 Å². The van der Waals surface area contributed by atoms with E-state index in [1.54, 1.807) is 24.4 Å². The third kappa shape index (κ3) is 4.39. The van der Waals surface area contributed by atoms with Crippen LogP contribution >= 0.6 is 0 Å². The average Bonchev–Trinajstić information content (AvgIpc) is 3.37. The molecule has 1 heterocycles. The Morgan fingerprint density at radius 2 is 2.00 bits per heavy atom. The quantitative estimate of drug-likeness (QED) is 0.751. The summed E-state index contributed by atoms with van der Waals surface area (Å²) in [5.74, 6) is 0.620. The Balaban J connectivity index is 1.60.